The summed E-state index contributed by atoms with van der Waals surface area (Å²) in [6.07, 6.45) is 3.42. The number of carboxylic acid groups (broad SMARTS) is 1. The maximum atomic E-state index is 10.6. The van der Waals surface area contributed by atoms with E-state index in [1.54, 1.807) is 10.7 Å². The van der Waals surface area contributed by atoms with Gasteiger partial charge in [0.15, 0.2) is 0 Å². The molecule has 0 spiro atoms. The van der Waals surface area contributed by atoms with Gasteiger partial charge < -0.3 is 10.8 Å². The molecule has 2 heterocycles. The first-order valence-corrected chi connectivity index (χ1v) is 4.99. The molecule has 84 valence electrons. The van der Waals surface area contributed by atoms with Crippen LogP contribution in [-0.4, -0.2) is 20.7 Å². The molecule has 2 aromatic rings. The van der Waals surface area contributed by atoms with Crippen molar-refractivity contribution in [2.24, 2.45) is 5.73 Å². The maximum absolute atomic E-state index is 10.6. The third-order valence-electron chi connectivity index (χ3n) is 2.49. The van der Waals surface area contributed by atoms with Gasteiger partial charge in [0.1, 0.15) is 0 Å². The van der Waals surface area contributed by atoms with Crippen molar-refractivity contribution in [3.05, 3.63) is 35.7 Å². The number of carbonyl (C=O) groups is 1. The Balaban J connectivity index is 2.41. The second kappa shape index (κ2) is 3.94. The van der Waals surface area contributed by atoms with Crippen molar-refractivity contribution >= 4 is 11.5 Å². The number of hydrogen-bond donors (Lipinski definition) is 2. The number of nitrogens with zero attached hydrogens (tertiary/aromatic N) is 2. The van der Waals surface area contributed by atoms with Crippen molar-refractivity contribution in [1.29, 1.82) is 0 Å². The highest BCUT2D eigenvalue weighted by Crippen LogP contribution is 2.20. The number of carboxylic acids is 1. The summed E-state index contributed by atoms with van der Waals surface area (Å²) >= 11 is 0. The smallest absolute Gasteiger partial charge is 0.305 e. The predicted molar refractivity (Wildman–Crippen MR) is 59.1 cm³/mol. The van der Waals surface area contributed by atoms with Gasteiger partial charge in [0.2, 0.25) is 0 Å². The zero-order valence-electron chi connectivity index (χ0n) is 8.92. The second-order valence-corrected chi connectivity index (χ2v) is 3.84. The van der Waals surface area contributed by atoms with E-state index in [4.69, 9.17) is 10.8 Å². The highest BCUT2D eigenvalue weighted by Gasteiger charge is 2.15. The lowest BCUT2D eigenvalue weighted by atomic mass is 10.1. The summed E-state index contributed by atoms with van der Waals surface area (Å²) in [4.78, 5) is 10.6. The second-order valence-electron chi connectivity index (χ2n) is 3.84. The first-order chi connectivity index (χ1) is 7.58. The average molecular weight is 219 g/mol. The van der Waals surface area contributed by atoms with Gasteiger partial charge in [-0.25, -0.2) is 4.52 Å². The van der Waals surface area contributed by atoms with Crippen LogP contribution in [0.3, 0.4) is 0 Å². The molecular formula is C11H13N3O2. The van der Waals surface area contributed by atoms with Crippen LogP contribution in [-0.2, 0) is 4.79 Å². The van der Waals surface area contributed by atoms with Gasteiger partial charge in [-0.15, -0.1) is 0 Å². The van der Waals surface area contributed by atoms with Crippen molar-refractivity contribution < 1.29 is 9.90 Å². The van der Waals surface area contributed by atoms with Gasteiger partial charge >= 0.3 is 5.97 Å². The van der Waals surface area contributed by atoms with E-state index in [1.807, 2.05) is 25.3 Å². The number of hydrogen-bond acceptors (Lipinski definition) is 3. The summed E-state index contributed by atoms with van der Waals surface area (Å²) in [6.45, 7) is 1.97. The number of rotatable bonds is 3. The number of nitrogens with two attached hydrogens (primary N) is 1. The van der Waals surface area contributed by atoms with Crippen molar-refractivity contribution in [3.63, 3.8) is 0 Å². The lowest BCUT2D eigenvalue weighted by Crippen LogP contribution is -2.14. The molecule has 5 heteroatoms. The van der Waals surface area contributed by atoms with Gasteiger partial charge in [-0.05, 0) is 18.6 Å². The van der Waals surface area contributed by atoms with E-state index in [0.717, 1.165) is 16.6 Å². The molecule has 16 heavy (non-hydrogen) atoms. The molecular weight excluding hydrogens is 206 g/mol. The van der Waals surface area contributed by atoms with E-state index in [1.165, 1.54) is 0 Å². The minimum absolute atomic E-state index is 0.0881. The summed E-state index contributed by atoms with van der Waals surface area (Å²) in [5, 5.41) is 12.8. The molecule has 0 saturated heterocycles. The van der Waals surface area contributed by atoms with Crippen LogP contribution in [0.25, 0.3) is 5.52 Å². The van der Waals surface area contributed by atoms with Crippen LogP contribution in [0.2, 0.25) is 0 Å². The van der Waals surface area contributed by atoms with Crippen LogP contribution in [0, 0.1) is 6.92 Å². The number of aryl methyl sites for hydroxylation is 1. The van der Waals surface area contributed by atoms with Crippen LogP contribution in [0.4, 0.5) is 0 Å². The molecule has 1 atom stereocenters. The maximum Gasteiger partial charge on any atom is 0.305 e. The normalized spacial score (nSPS) is 12.9. The number of aromatic nitrogens is 2. The Morgan fingerprint density at radius 2 is 2.38 bits per heavy atom. The predicted octanol–water partition coefficient (Wildman–Crippen LogP) is 1.12. The minimum atomic E-state index is -0.904. The molecule has 0 radical (unpaired) electrons. The van der Waals surface area contributed by atoms with E-state index in [-0.39, 0.29) is 6.42 Å². The van der Waals surface area contributed by atoms with Crippen LogP contribution < -0.4 is 5.73 Å². The van der Waals surface area contributed by atoms with Gasteiger partial charge in [0.05, 0.1) is 18.1 Å². The van der Waals surface area contributed by atoms with Crippen molar-refractivity contribution in [3.8, 4) is 0 Å². The fraction of sp³-hybridized carbons (Fsp3) is 0.273. The third kappa shape index (κ3) is 1.90. The van der Waals surface area contributed by atoms with Crippen LogP contribution in [0.15, 0.2) is 24.5 Å². The Labute approximate surface area is 92.5 Å². The molecule has 2 aromatic heterocycles. The van der Waals surface area contributed by atoms with Crippen LogP contribution in [0.5, 0.6) is 0 Å². The average Bonchev–Trinajstić information content (AvgIpc) is 2.59. The molecule has 0 aromatic carbocycles. The van der Waals surface area contributed by atoms with E-state index in [0.29, 0.717) is 0 Å². The summed E-state index contributed by atoms with van der Waals surface area (Å²) in [7, 11) is 0. The third-order valence-corrected chi connectivity index (χ3v) is 2.49. The first-order valence-electron chi connectivity index (χ1n) is 4.99. The molecule has 0 amide bonds. The molecule has 1 unspecified atom stereocenters. The molecule has 0 saturated carbocycles. The largest absolute Gasteiger partial charge is 0.481 e. The summed E-state index contributed by atoms with van der Waals surface area (Å²) in [6, 6.07) is 3.34. The van der Waals surface area contributed by atoms with Gasteiger partial charge in [-0.3, -0.25) is 4.79 Å². The van der Waals surface area contributed by atoms with Gasteiger partial charge in [0.25, 0.3) is 0 Å². The first kappa shape index (κ1) is 10.6. The molecule has 5 nitrogen and oxygen atoms in total. The van der Waals surface area contributed by atoms with E-state index in [2.05, 4.69) is 5.10 Å². The number of pyridine rings is 1. The fourth-order valence-electron chi connectivity index (χ4n) is 1.69. The summed E-state index contributed by atoms with van der Waals surface area (Å²) in [5.41, 5.74) is 8.53. The van der Waals surface area contributed by atoms with Crippen molar-refractivity contribution in [1.82, 2.24) is 9.61 Å². The standard InChI is InChI=1S/C11H13N3O2/c1-7-2-3-10-8(5-13-14(10)6-7)9(12)4-11(15)16/h2-3,5-6,9H,4,12H2,1H3,(H,15,16). The summed E-state index contributed by atoms with van der Waals surface area (Å²) < 4.78 is 1.71. The number of aliphatic carboxylic acids is 1. The van der Waals surface area contributed by atoms with Gasteiger partial charge in [-0.2, -0.15) is 5.10 Å². The zero-order chi connectivity index (χ0) is 11.7. The van der Waals surface area contributed by atoms with Crippen molar-refractivity contribution in [2.75, 3.05) is 0 Å². The van der Waals surface area contributed by atoms with Gasteiger partial charge in [0, 0.05) is 17.8 Å². The Kier molecular flexibility index (Phi) is 2.62. The van der Waals surface area contributed by atoms with Crippen LogP contribution >= 0.6 is 0 Å². The summed E-state index contributed by atoms with van der Waals surface area (Å²) in [5.74, 6) is -0.904. The Bertz CT molecular complexity index is 533. The van der Waals surface area contributed by atoms with E-state index in [9.17, 15) is 4.79 Å². The molecule has 3 N–H and O–H groups in total. The highest BCUT2D eigenvalue weighted by molar-refractivity contribution is 5.69. The Morgan fingerprint density at radius 3 is 3.06 bits per heavy atom. The molecule has 0 aliphatic rings. The van der Waals surface area contributed by atoms with Crippen LogP contribution in [0.1, 0.15) is 23.6 Å². The lowest BCUT2D eigenvalue weighted by Gasteiger charge is -2.06. The molecule has 2 rings (SSSR count). The monoisotopic (exact) mass is 219 g/mol. The quantitative estimate of drug-likeness (QED) is 0.810. The number of fused-ring (bicyclic) bond motifs is 1. The SMILES string of the molecule is Cc1ccc2c(C(N)CC(=O)O)cnn2c1. The highest BCUT2D eigenvalue weighted by atomic mass is 16.4. The topological polar surface area (TPSA) is 80.6 Å². The molecule has 0 aliphatic heterocycles. The molecule has 0 bridgehead atoms. The fourth-order valence-corrected chi connectivity index (χ4v) is 1.69. The molecule has 0 aliphatic carbocycles. The lowest BCUT2D eigenvalue weighted by molar-refractivity contribution is -0.137. The van der Waals surface area contributed by atoms with Crippen molar-refractivity contribution in [2.45, 2.75) is 19.4 Å². The van der Waals surface area contributed by atoms with Gasteiger partial charge in [-0.1, -0.05) is 6.07 Å². The Hall–Kier alpha value is -1.88. The zero-order valence-corrected chi connectivity index (χ0v) is 8.92. The van der Waals surface area contributed by atoms with E-state index >= 15 is 0 Å². The molecule has 0 fully saturated rings. The van der Waals surface area contributed by atoms with E-state index < -0.39 is 12.0 Å². The minimum Gasteiger partial charge on any atom is -0.481 e. The Morgan fingerprint density at radius 1 is 1.62 bits per heavy atom.